The molecule has 2 aromatic rings. The minimum atomic E-state index is 0.889. The maximum atomic E-state index is 5.57. The van der Waals surface area contributed by atoms with Crippen molar-refractivity contribution in [2.75, 3.05) is 0 Å². The fourth-order valence-corrected chi connectivity index (χ4v) is 1.33. The highest BCUT2D eigenvalue weighted by Crippen LogP contribution is 2.19. The van der Waals surface area contributed by atoms with Gasteiger partial charge in [-0.3, -0.25) is 0 Å². The van der Waals surface area contributed by atoms with Gasteiger partial charge in [0.15, 0.2) is 0 Å². The van der Waals surface area contributed by atoms with E-state index in [0.29, 0.717) is 0 Å². The van der Waals surface area contributed by atoms with E-state index in [1.165, 1.54) is 5.39 Å². The Kier molecular flexibility index (Phi) is 1.86. The average molecular weight is 159 g/mol. The van der Waals surface area contributed by atoms with Crippen molar-refractivity contribution in [1.29, 1.82) is 0 Å². The van der Waals surface area contributed by atoms with Gasteiger partial charge in [0.05, 0.1) is 0 Å². The van der Waals surface area contributed by atoms with Gasteiger partial charge in [-0.25, -0.2) is 0 Å². The minimum absolute atomic E-state index is 0.889. The van der Waals surface area contributed by atoms with Crippen LogP contribution in [0.3, 0.4) is 0 Å². The monoisotopic (exact) mass is 159 g/mol. The molecule has 0 saturated heterocycles. The summed E-state index contributed by atoms with van der Waals surface area (Å²) in [5, 5.41) is 1.18. The predicted molar refractivity (Wildman–Crippen MR) is 49.9 cm³/mol. The van der Waals surface area contributed by atoms with Crippen molar-refractivity contribution < 1.29 is 4.42 Å². The van der Waals surface area contributed by atoms with Crippen LogP contribution >= 0.6 is 0 Å². The van der Waals surface area contributed by atoms with Crippen LogP contribution in [0.1, 0.15) is 12.2 Å². The van der Waals surface area contributed by atoms with E-state index >= 15 is 0 Å². The molecule has 1 heterocycles. The number of aryl methyl sites for hydroxylation is 1. The fourth-order valence-electron chi connectivity index (χ4n) is 1.33. The van der Waals surface area contributed by atoms with Gasteiger partial charge in [0.1, 0.15) is 11.3 Å². The summed E-state index contributed by atoms with van der Waals surface area (Å²) in [6, 6.07) is 10.1. The molecule has 1 heteroatoms. The first-order valence-corrected chi connectivity index (χ1v) is 4.17. The van der Waals surface area contributed by atoms with Gasteiger partial charge in [-0.15, -0.1) is 0 Å². The Morgan fingerprint density at radius 1 is 1.25 bits per heavy atom. The number of fused-ring (bicyclic) bond motifs is 1. The molecule has 1 aromatic carbocycles. The van der Waals surface area contributed by atoms with Crippen LogP contribution in [0.4, 0.5) is 0 Å². The fraction of sp³-hybridized carbons (Fsp3) is 0.182. The molecule has 0 fully saturated rings. The SMILES string of the molecule is [CH2]CCc1cc2ccccc2o1. The molecule has 0 saturated carbocycles. The molecule has 61 valence electrons. The van der Waals surface area contributed by atoms with Gasteiger partial charge in [0.2, 0.25) is 0 Å². The Balaban J connectivity index is 2.47. The molecule has 0 N–H and O–H groups in total. The lowest BCUT2D eigenvalue weighted by molar-refractivity contribution is 0.549. The lowest BCUT2D eigenvalue weighted by Crippen LogP contribution is -1.74. The quantitative estimate of drug-likeness (QED) is 0.655. The van der Waals surface area contributed by atoms with Gasteiger partial charge >= 0.3 is 0 Å². The molecule has 1 aromatic heterocycles. The Hall–Kier alpha value is -1.24. The molecule has 1 nitrogen and oxygen atoms in total. The van der Waals surface area contributed by atoms with Gasteiger partial charge in [0.25, 0.3) is 0 Å². The van der Waals surface area contributed by atoms with E-state index in [0.717, 1.165) is 24.2 Å². The smallest absolute Gasteiger partial charge is 0.134 e. The third kappa shape index (κ3) is 1.22. The second-order valence-corrected chi connectivity index (χ2v) is 2.85. The Morgan fingerprint density at radius 3 is 2.83 bits per heavy atom. The third-order valence-corrected chi connectivity index (χ3v) is 1.90. The van der Waals surface area contributed by atoms with Crippen molar-refractivity contribution in [3.8, 4) is 0 Å². The van der Waals surface area contributed by atoms with Crippen molar-refractivity contribution in [2.24, 2.45) is 0 Å². The molecule has 0 bridgehead atoms. The highest BCUT2D eigenvalue weighted by Gasteiger charge is 2.00. The zero-order chi connectivity index (χ0) is 8.39. The molecule has 0 amide bonds. The summed E-state index contributed by atoms with van der Waals surface area (Å²) in [6.07, 6.45) is 1.81. The van der Waals surface area contributed by atoms with E-state index in [4.69, 9.17) is 4.42 Å². The molecule has 0 unspecified atom stereocenters. The first-order chi connectivity index (χ1) is 5.90. The molecule has 2 rings (SSSR count). The Labute approximate surface area is 72.0 Å². The molecule has 12 heavy (non-hydrogen) atoms. The lowest BCUT2D eigenvalue weighted by atomic mass is 10.2. The molecule has 0 aliphatic carbocycles. The van der Waals surface area contributed by atoms with E-state index in [2.05, 4.69) is 19.1 Å². The molecule has 0 aliphatic rings. The first kappa shape index (κ1) is 7.41. The second-order valence-electron chi connectivity index (χ2n) is 2.85. The third-order valence-electron chi connectivity index (χ3n) is 1.90. The van der Waals surface area contributed by atoms with Crippen LogP contribution in [0.25, 0.3) is 11.0 Å². The van der Waals surface area contributed by atoms with Crippen LogP contribution in [0.15, 0.2) is 34.7 Å². The highest BCUT2D eigenvalue weighted by atomic mass is 16.3. The first-order valence-electron chi connectivity index (χ1n) is 4.17. The summed E-state index contributed by atoms with van der Waals surface area (Å²) in [5.41, 5.74) is 0.973. The van der Waals surface area contributed by atoms with Crippen molar-refractivity contribution in [3.63, 3.8) is 0 Å². The van der Waals surface area contributed by atoms with Gasteiger partial charge in [-0.1, -0.05) is 25.1 Å². The van der Waals surface area contributed by atoms with Crippen molar-refractivity contribution in [2.45, 2.75) is 12.8 Å². The van der Waals surface area contributed by atoms with Crippen LogP contribution in [0, 0.1) is 6.92 Å². The van der Waals surface area contributed by atoms with E-state index < -0.39 is 0 Å². The summed E-state index contributed by atoms with van der Waals surface area (Å²) in [7, 11) is 0. The van der Waals surface area contributed by atoms with Crippen LogP contribution < -0.4 is 0 Å². The zero-order valence-corrected chi connectivity index (χ0v) is 6.92. The van der Waals surface area contributed by atoms with Crippen LogP contribution in [-0.2, 0) is 6.42 Å². The molecule has 1 radical (unpaired) electrons. The van der Waals surface area contributed by atoms with Gasteiger partial charge in [-0.2, -0.15) is 0 Å². The summed E-state index contributed by atoms with van der Waals surface area (Å²) >= 11 is 0. The maximum absolute atomic E-state index is 5.57. The normalized spacial score (nSPS) is 10.8. The molecule has 0 spiro atoms. The van der Waals surface area contributed by atoms with Gasteiger partial charge < -0.3 is 4.42 Å². The lowest BCUT2D eigenvalue weighted by Gasteiger charge is -1.87. The highest BCUT2D eigenvalue weighted by molar-refractivity contribution is 5.77. The number of rotatable bonds is 2. The number of hydrogen-bond donors (Lipinski definition) is 0. The van der Waals surface area contributed by atoms with Gasteiger partial charge in [-0.05, 0) is 18.6 Å². The summed E-state index contributed by atoms with van der Waals surface area (Å²) in [5.74, 6) is 1.03. The van der Waals surface area contributed by atoms with E-state index in [-0.39, 0.29) is 0 Å². The number of furan rings is 1. The van der Waals surface area contributed by atoms with Crippen LogP contribution in [0.5, 0.6) is 0 Å². The molecule has 0 aliphatic heterocycles. The van der Waals surface area contributed by atoms with E-state index in [9.17, 15) is 0 Å². The molecular weight excluding hydrogens is 148 g/mol. The molecule has 0 atom stereocenters. The predicted octanol–water partition coefficient (Wildman–Crippen LogP) is 3.20. The summed E-state index contributed by atoms with van der Waals surface area (Å²) in [6.45, 7) is 3.79. The largest absolute Gasteiger partial charge is 0.461 e. The Morgan fingerprint density at radius 2 is 2.08 bits per heavy atom. The minimum Gasteiger partial charge on any atom is -0.461 e. The number of benzene rings is 1. The van der Waals surface area contributed by atoms with Gasteiger partial charge in [0, 0.05) is 11.8 Å². The number of hydrogen-bond acceptors (Lipinski definition) is 1. The van der Waals surface area contributed by atoms with Crippen LogP contribution in [-0.4, -0.2) is 0 Å². The van der Waals surface area contributed by atoms with E-state index in [1.807, 2.05) is 18.2 Å². The standard InChI is InChI=1S/C11H11O/c1-2-5-10-8-9-6-3-4-7-11(9)12-10/h3-4,6-8H,1-2,5H2. The second kappa shape index (κ2) is 3.02. The van der Waals surface area contributed by atoms with Crippen molar-refractivity contribution in [3.05, 3.63) is 43.0 Å². The Bertz CT molecular complexity index is 340. The van der Waals surface area contributed by atoms with Crippen molar-refractivity contribution >= 4 is 11.0 Å². The topological polar surface area (TPSA) is 13.1 Å². The van der Waals surface area contributed by atoms with Crippen molar-refractivity contribution in [1.82, 2.24) is 0 Å². The van der Waals surface area contributed by atoms with E-state index in [1.54, 1.807) is 0 Å². The summed E-state index contributed by atoms with van der Waals surface area (Å²) in [4.78, 5) is 0. The molecular formula is C11H11O. The number of para-hydroxylation sites is 1. The zero-order valence-electron chi connectivity index (χ0n) is 6.92. The maximum Gasteiger partial charge on any atom is 0.134 e. The van der Waals surface area contributed by atoms with Crippen LogP contribution in [0.2, 0.25) is 0 Å². The average Bonchev–Trinajstić information content (AvgIpc) is 2.47. The summed E-state index contributed by atoms with van der Waals surface area (Å²) < 4.78 is 5.57.